The summed E-state index contributed by atoms with van der Waals surface area (Å²) in [5.41, 5.74) is 1.48. The van der Waals surface area contributed by atoms with E-state index in [0.717, 1.165) is 36.5 Å². The molecule has 0 aromatic heterocycles. The summed E-state index contributed by atoms with van der Waals surface area (Å²) in [6, 6.07) is 15.7. The zero-order valence-electron chi connectivity index (χ0n) is 19.2. The van der Waals surface area contributed by atoms with Gasteiger partial charge in [0.15, 0.2) is 0 Å². The summed E-state index contributed by atoms with van der Waals surface area (Å²) in [5.74, 6) is -0.111. The molecule has 2 fully saturated rings. The first-order valence-corrected chi connectivity index (χ1v) is 13.2. The Kier molecular flexibility index (Phi) is 6.21. The number of nitrogens with one attached hydrogen (secondary N) is 2. The van der Waals surface area contributed by atoms with Gasteiger partial charge in [0.25, 0.3) is 21.6 Å². The third kappa shape index (κ3) is 4.81. The molecule has 2 saturated carbocycles. The fourth-order valence-electron chi connectivity index (χ4n) is 5.27. The van der Waals surface area contributed by atoms with E-state index >= 15 is 0 Å². The average Bonchev–Trinajstić information content (AvgIpc) is 3.48. The Morgan fingerprint density at radius 1 is 0.944 bits per heavy atom. The van der Waals surface area contributed by atoms with Crippen molar-refractivity contribution in [3.63, 3.8) is 0 Å². The molecule has 0 spiro atoms. The molecule has 1 amide bonds. The van der Waals surface area contributed by atoms with Crippen LogP contribution in [0.25, 0.3) is 11.1 Å². The van der Waals surface area contributed by atoms with Crippen LogP contribution in [0, 0.1) is 27.8 Å². The van der Waals surface area contributed by atoms with Gasteiger partial charge in [-0.3, -0.25) is 14.9 Å². The predicted octanol–water partition coefficient (Wildman–Crippen LogP) is 5.12. The zero-order chi connectivity index (χ0) is 25.4. The number of fused-ring (bicyclic) bond motifs is 2. The number of carbonyl (C=O) groups is 1. The molecule has 8 nitrogen and oxygen atoms in total. The van der Waals surface area contributed by atoms with Gasteiger partial charge in [-0.05, 0) is 78.6 Å². The molecule has 2 N–H and O–H groups in total. The van der Waals surface area contributed by atoms with Crippen molar-refractivity contribution >= 4 is 27.3 Å². The Labute approximate surface area is 207 Å². The highest BCUT2D eigenvalue weighted by atomic mass is 32.2. The Morgan fingerprint density at radius 3 is 2.19 bits per heavy atom. The largest absolute Gasteiger partial charge is 0.376 e. The van der Waals surface area contributed by atoms with Crippen molar-refractivity contribution in [2.45, 2.75) is 36.6 Å². The van der Waals surface area contributed by atoms with Crippen LogP contribution in [-0.4, -0.2) is 25.3 Å². The molecule has 0 radical (unpaired) electrons. The third-order valence-electron chi connectivity index (χ3n) is 7.11. The molecule has 3 aromatic rings. The van der Waals surface area contributed by atoms with Crippen molar-refractivity contribution in [2.24, 2.45) is 11.8 Å². The minimum absolute atomic E-state index is 0.0912. The lowest BCUT2D eigenvalue weighted by atomic mass is 9.95. The van der Waals surface area contributed by atoms with E-state index in [1.54, 1.807) is 24.3 Å². The van der Waals surface area contributed by atoms with Gasteiger partial charge in [-0.25, -0.2) is 17.5 Å². The van der Waals surface area contributed by atoms with Crippen molar-refractivity contribution in [3.8, 4) is 11.1 Å². The van der Waals surface area contributed by atoms with Crippen LogP contribution in [0.5, 0.6) is 0 Å². The SMILES string of the molecule is O=C(NS(=O)(=O)c1ccc(NC2CC3CCC2C3)c([N+](=O)[O-])c1)c1ccc(-c2ccc(F)cc2)cc1. The van der Waals surface area contributed by atoms with Gasteiger partial charge in [0.05, 0.1) is 9.82 Å². The highest BCUT2D eigenvalue weighted by molar-refractivity contribution is 7.90. The lowest BCUT2D eigenvalue weighted by molar-refractivity contribution is -0.384. The molecule has 3 aromatic carbocycles. The fourth-order valence-corrected chi connectivity index (χ4v) is 6.26. The van der Waals surface area contributed by atoms with E-state index in [-0.39, 0.29) is 33.7 Å². The maximum atomic E-state index is 13.1. The van der Waals surface area contributed by atoms with Gasteiger partial charge in [-0.15, -0.1) is 0 Å². The lowest BCUT2D eigenvalue weighted by Gasteiger charge is -2.24. The number of nitro groups is 1. The van der Waals surface area contributed by atoms with Crippen LogP contribution in [0.2, 0.25) is 0 Å². The molecule has 0 heterocycles. The van der Waals surface area contributed by atoms with Crippen LogP contribution < -0.4 is 10.0 Å². The molecule has 2 aliphatic rings. The molecular weight excluding hydrogens is 485 g/mol. The summed E-state index contributed by atoms with van der Waals surface area (Å²) in [6.07, 6.45) is 4.36. The van der Waals surface area contributed by atoms with E-state index in [4.69, 9.17) is 0 Å². The average molecular weight is 510 g/mol. The van der Waals surface area contributed by atoms with Crippen LogP contribution in [0.1, 0.15) is 36.0 Å². The van der Waals surface area contributed by atoms with Gasteiger partial charge in [0.1, 0.15) is 11.5 Å². The van der Waals surface area contributed by atoms with Gasteiger partial charge in [0.2, 0.25) is 0 Å². The summed E-state index contributed by atoms with van der Waals surface area (Å²) in [5, 5.41) is 15.0. The van der Waals surface area contributed by atoms with Gasteiger partial charge < -0.3 is 5.32 Å². The third-order valence-corrected chi connectivity index (χ3v) is 8.44. The van der Waals surface area contributed by atoms with E-state index in [2.05, 4.69) is 5.32 Å². The van der Waals surface area contributed by atoms with Crippen molar-refractivity contribution in [3.05, 3.63) is 88.2 Å². The Balaban J connectivity index is 1.32. The summed E-state index contributed by atoms with van der Waals surface area (Å²) in [6.45, 7) is 0. The number of hydrogen-bond donors (Lipinski definition) is 2. The Bertz CT molecular complexity index is 1420. The van der Waals surface area contributed by atoms with E-state index in [0.29, 0.717) is 11.8 Å². The maximum absolute atomic E-state index is 13.1. The van der Waals surface area contributed by atoms with Gasteiger partial charge in [-0.1, -0.05) is 30.7 Å². The number of nitro benzene ring substituents is 1. The zero-order valence-corrected chi connectivity index (χ0v) is 20.0. The predicted molar refractivity (Wildman–Crippen MR) is 132 cm³/mol. The molecule has 36 heavy (non-hydrogen) atoms. The highest BCUT2D eigenvalue weighted by Gasteiger charge is 2.40. The summed E-state index contributed by atoms with van der Waals surface area (Å²) in [7, 11) is -4.36. The first-order chi connectivity index (χ1) is 17.2. The molecule has 3 unspecified atom stereocenters. The summed E-state index contributed by atoms with van der Waals surface area (Å²) >= 11 is 0. The maximum Gasteiger partial charge on any atom is 0.293 e. The van der Waals surface area contributed by atoms with Crippen LogP contribution in [0.4, 0.5) is 15.8 Å². The number of benzene rings is 3. The number of halogens is 1. The lowest BCUT2D eigenvalue weighted by Crippen LogP contribution is -2.30. The second kappa shape index (κ2) is 9.34. The fraction of sp³-hybridized carbons (Fsp3) is 0.269. The van der Waals surface area contributed by atoms with E-state index < -0.39 is 20.9 Å². The molecule has 3 atom stereocenters. The summed E-state index contributed by atoms with van der Waals surface area (Å²) in [4.78, 5) is 23.3. The number of rotatable bonds is 7. The molecule has 0 saturated heterocycles. The number of amides is 1. The van der Waals surface area contributed by atoms with Crippen molar-refractivity contribution < 1.29 is 22.5 Å². The Hall–Kier alpha value is -3.79. The van der Waals surface area contributed by atoms with Crippen LogP contribution >= 0.6 is 0 Å². The van der Waals surface area contributed by atoms with Crippen molar-refractivity contribution in [1.82, 2.24) is 4.72 Å². The smallest absolute Gasteiger partial charge is 0.293 e. The van der Waals surface area contributed by atoms with Crippen molar-refractivity contribution in [2.75, 3.05) is 5.32 Å². The minimum atomic E-state index is -4.36. The number of anilines is 1. The van der Waals surface area contributed by atoms with Crippen LogP contribution in [0.3, 0.4) is 0 Å². The van der Waals surface area contributed by atoms with Gasteiger partial charge in [-0.2, -0.15) is 0 Å². The first-order valence-electron chi connectivity index (χ1n) is 11.7. The van der Waals surface area contributed by atoms with Crippen molar-refractivity contribution in [1.29, 1.82) is 0 Å². The first kappa shape index (κ1) is 23.9. The molecule has 186 valence electrons. The van der Waals surface area contributed by atoms with E-state index in [1.807, 2.05) is 4.72 Å². The number of nitrogens with zero attached hydrogens (tertiary/aromatic N) is 1. The van der Waals surface area contributed by atoms with Crippen LogP contribution in [-0.2, 0) is 10.0 Å². The highest BCUT2D eigenvalue weighted by Crippen LogP contribution is 2.46. The second-order valence-electron chi connectivity index (χ2n) is 9.38. The molecule has 0 aliphatic heterocycles. The van der Waals surface area contributed by atoms with E-state index in [9.17, 15) is 27.7 Å². The van der Waals surface area contributed by atoms with Gasteiger partial charge >= 0.3 is 0 Å². The monoisotopic (exact) mass is 509 g/mol. The number of hydrogen-bond acceptors (Lipinski definition) is 6. The number of sulfonamides is 1. The topological polar surface area (TPSA) is 118 Å². The normalized spacial score (nSPS) is 20.8. The molecule has 5 rings (SSSR count). The number of carbonyl (C=O) groups excluding carboxylic acids is 1. The summed E-state index contributed by atoms with van der Waals surface area (Å²) < 4.78 is 40.8. The quantitative estimate of drug-likeness (QED) is 0.337. The van der Waals surface area contributed by atoms with E-state index in [1.165, 1.54) is 42.8 Å². The molecule has 2 bridgehead atoms. The second-order valence-corrected chi connectivity index (χ2v) is 11.1. The standard InChI is InChI=1S/C26H24FN3O5S/c27-21-9-7-18(8-10-21)17-3-5-19(6-4-17)26(31)29-36(34,35)22-11-12-23(25(15-22)30(32)33)28-24-14-16-1-2-20(24)13-16/h3-12,15-16,20,24,28H,1-2,13-14H2,(H,29,31). The molecule has 10 heteroatoms. The van der Waals surface area contributed by atoms with Gasteiger partial charge in [0, 0.05) is 17.7 Å². The molecular formula is C26H24FN3O5S. The molecule has 2 aliphatic carbocycles. The van der Waals surface area contributed by atoms with Crippen LogP contribution in [0.15, 0.2) is 71.6 Å². The Morgan fingerprint density at radius 2 is 1.61 bits per heavy atom. The minimum Gasteiger partial charge on any atom is -0.376 e.